The number of amides is 1. The molecule has 0 saturated carbocycles. The maximum atomic E-state index is 12.1. The third-order valence-corrected chi connectivity index (χ3v) is 3.06. The van der Waals surface area contributed by atoms with Gasteiger partial charge >= 0.3 is 0 Å². The van der Waals surface area contributed by atoms with Gasteiger partial charge < -0.3 is 4.74 Å². The second-order valence-corrected chi connectivity index (χ2v) is 4.82. The van der Waals surface area contributed by atoms with Gasteiger partial charge in [-0.15, -0.1) is 0 Å². The number of nitrogens with zero attached hydrogens (tertiary/aromatic N) is 3. The standard InChI is InChI=1S/C14H15ClN4O2/c1-9-10(8-19(2)18-9)7-16-17-14(20)12-6-11(15)4-5-13(12)21-3/h4-8H,1-3H3,(H,17,20)/b16-7-. The van der Waals surface area contributed by atoms with E-state index in [0.29, 0.717) is 16.3 Å². The topological polar surface area (TPSA) is 68.5 Å². The van der Waals surface area contributed by atoms with Gasteiger partial charge in [0.15, 0.2) is 0 Å². The molecule has 0 aliphatic rings. The van der Waals surface area contributed by atoms with Gasteiger partial charge in [-0.1, -0.05) is 11.6 Å². The Kier molecular flexibility index (Phi) is 4.59. The zero-order chi connectivity index (χ0) is 15.4. The lowest BCUT2D eigenvalue weighted by molar-refractivity contribution is 0.0952. The molecule has 0 aliphatic heterocycles. The van der Waals surface area contributed by atoms with Crippen molar-refractivity contribution in [3.63, 3.8) is 0 Å². The highest BCUT2D eigenvalue weighted by Gasteiger charge is 2.12. The van der Waals surface area contributed by atoms with Gasteiger partial charge in [-0.3, -0.25) is 9.48 Å². The summed E-state index contributed by atoms with van der Waals surface area (Å²) in [4.78, 5) is 12.1. The van der Waals surface area contributed by atoms with E-state index in [-0.39, 0.29) is 0 Å². The minimum Gasteiger partial charge on any atom is -0.496 e. The number of hydrazone groups is 1. The highest BCUT2D eigenvalue weighted by Crippen LogP contribution is 2.22. The van der Waals surface area contributed by atoms with Crippen molar-refractivity contribution in [1.82, 2.24) is 15.2 Å². The van der Waals surface area contributed by atoms with Crippen LogP contribution in [0.25, 0.3) is 0 Å². The Hall–Kier alpha value is -2.34. The Balaban J connectivity index is 2.12. The van der Waals surface area contributed by atoms with Gasteiger partial charge in [-0.25, -0.2) is 5.43 Å². The molecular formula is C14H15ClN4O2. The quantitative estimate of drug-likeness (QED) is 0.695. The van der Waals surface area contributed by atoms with Crippen LogP contribution in [0.5, 0.6) is 5.75 Å². The van der Waals surface area contributed by atoms with Crippen molar-refractivity contribution >= 4 is 23.7 Å². The predicted molar refractivity (Wildman–Crippen MR) is 81.0 cm³/mol. The van der Waals surface area contributed by atoms with E-state index in [4.69, 9.17) is 16.3 Å². The van der Waals surface area contributed by atoms with Crippen LogP contribution in [0.4, 0.5) is 0 Å². The molecular weight excluding hydrogens is 292 g/mol. The summed E-state index contributed by atoms with van der Waals surface area (Å²) in [5.41, 5.74) is 4.42. The van der Waals surface area contributed by atoms with Crippen molar-refractivity contribution in [2.45, 2.75) is 6.92 Å². The van der Waals surface area contributed by atoms with Gasteiger partial charge in [0.05, 0.1) is 24.6 Å². The Morgan fingerprint density at radius 1 is 1.52 bits per heavy atom. The van der Waals surface area contributed by atoms with Crippen LogP contribution in [0.3, 0.4) is 0 Å². The number of aryl methyl sites for hydroxylation is 2. The first-order chi connectivity index (χ1) is 10.0. The molecule has 0 unspecified atom stereocenters. The smallest absolute Gasteiger partial charge is 0.275 e. The van der Waals surface area contributed by atoms with Crippen molar-refractivity contribution < 1.29 is 9.53 Å². The summed E-state index contributed by atoms with van der Waals surface area (Å²) in [7, 11) is 3.31. The van der Waals surface area contributed by atoms with Crippen molar-refractivity contribution in [2.75, 3.05) is 7.11 Å². The second kappa shape index (κ2) is 6.41. The van der Waals surface area contributed by atoms with Crippen molar-refractivity contribution in [3.8, 4) is 5.75 Å². The Bertz CT molecular complexity index is 694. The maximum absolute atomic E-state index is 12.1. The SMILES string of the molecule is COc1ccc(Cl)cc1C(=O)N/N=C\c1cn(C)nc1C. The van der Waals surface area contributed by atoms with E-state index in [1.807, 2.05) is 20.2 Å². The molecule has 0 spiro atoms. The van der Waals surface area contributed by atoms with Gasteiger partial charge in [-0.2, -0.15) is 10.2 Å². The summed E-state index contributed by atoms with van der Waals surface area (Å²) in [6.45, 7) is 1.86. The molecule has 1 heterocycles. The summed E-state index contributed by atoms with van der Waals surface area (Å²) >= 11 is 5.89. The van der Waals surface area contributed by atoms with Gasteiger partial charge in [-0.05, 0) is 25.1 Å². The summed E-state index contributed by atoms with van der Waals surface area (Å²) in [5, 5.41) is 8.55. The molecule has 0 saturated heterocycles. The number of nitrogens with one attached hydrogen (secondary N) is 1. The van der Waals surface area contributed by atoms with Crippen LogP contribution in [-0.4, -0.2) is 29.0 Å². The van der Waals surface area contributed by atoms with E-state index in [1.54, 1.807) is 16.8 Å². The number of carbonyl (C=O) groups is 1. The molecule has 6 nitrogen and oxygen atoms in total. The zero-order valence-electron chi connectivity index (χ0n) is 11.9. The highest BCUT2D eigenvalue weighted by molar-refractivity contribution is 6.31. The maximum Gasteiger partial charge on any atom is 0.275 e. The Morgan fingerprint density at radius 2 is 2.29 bits per heavy atom. The molecule has 7 heteroatoms. The molecule has 110 valence electrons. The summed E-state index contributed by atoms with van der Waals surface area (Å²) in [6.07, 6.45) is 3.35. The molecule has 0 radical (unpaired) electrons. The van der Waals surface area contributed by atoms with Crippen molar-refractivity contribution in [2.24, 2.45) is 12.1 Å². The van der Waals surface area contributed by atoms with E-state index in [2.05, 4.69) is 15.6 Å². The fraction of sp³-hybridized carbons (Fsp3) is 0.214. The minimum atomic E-state index is -0.396. The number of ether oxygens (including phenoxy) is 1. The summed E-state index contributed by atoms with van der Waals surface area (Å²) < 4.78 is 6.80. The first-order valence-electron chi connectivity index (χ1n) is 6.18. The number of aromatic nitrogens is 2. The first-order valence-corrected chi connectivity index (χ1v) is 6.56. The minimum absolute atomic E-state index is 0.324. The van der Waals surface area contributed by atoms with E-state index >= 15 is 0 Å². The molecule has 1 amide bonds. The molecule has 1 N–H and O–H groups in total. The number of methoxy groups -OCH3 is 1. The molecule has 1 aromatic carbocycles. The van der Waals surface area contributed by atoms with E-state index < -0.39 is 5.91 Å². The van der Waals surface area contributed by atoms with E-state index in [1.165, 1.54) is 19.4 Å². The molecule has 0 fully saturated rings. The average molecular weight is 307 g/mol. The van der Waals surface area contributed by atoms with Gasteiger partial charge in [0.25, 0.3) is 5.91 Å². The van der Waals surface area contributed by atoms with Crippen LogP contribution in [0.2, 0.25) is 5.02 Å². The average Bonchev–Trinajstić information content (AvgIpc) is 2.77. The third-order valence-electron chi connectivity index (χ3n) is 2.83. The van der Waals surface area contributed by atoms with Gasteiger partial charge in [0.2, 0.25) is 0 Å². The molecule has 2 rings (SSSR count). The fourth-order valence-corrected chi connectivity index (χ4v) is 2.00. The number of halogens is 1. The lowest BCUT2D eigenvalue weighted by Gasteiger charge is -2.07. The van der Waals surface area contributed by atoms with Crippen LogP contribution in [-0.2, 0) is 7.05 Å². The van der Waals surface area contributed by atoms with Crippen molar-refractivity contribution in [3.05, 3.63) is 46.2 Å². The number of benzene rings is 1. The first kappa shape index (κ1) is 15.1. The molecule has 1 aromatic heterocycles. The molecule has 0 bridgehead atoms. The van der Waals surface area contributed by atoms with Crippen LogP contribution < -0.4 is 10.2 Å². The number of rotatable bonds is 4. The largest absolute Gasteiger partial charge is 0.496 e. The predicted octanol–water partition coefficient (Wildman–Crippen LogP) is 2.15. The second-order valence-electron chi connectivity index (χ2n) is 4.39. The number of carbonyl (C=O) groups excluding carboxylic acids is 1. The molecule has 0 aliphatic carbocycles. The Morgan fingerprint density at radius 3 is 2.90 bits per heavy atom. The number of hydrogen-bond donors (Lipinski definition) is 1. The number of hydrogen-bond acceptors (Lipinski definition) is 4. The summed E-state index contributed by atoms with van der Waals surface area (Å²) in [6, 6.07) is 4.81. The fourth-order valence-electron chi connectivity index (χ4n) is 1.82. The normalized spacial score (nSPS) is 10.9. The lowest BCUT2D eigenvalue weighted by atomic mass is 10.2. The monoisotopic (exact) mass is 306 g/mol. The lowest BCUT2D eigenvalue weighted by Crippen LogP contribution is -2.18. The zero-order valence-corrected chi connectivity index (χ0v) is 12.7. The molecule has 21 heavy (non-hydrogen) atoms. The summed E-state index contributed by atoms with van der Waals surface area (Å²) in [5.74, 6) is 0.0387. The van der Waals surface area contributed by atoms with Crippen LogP contribution in [0, 0.1) is 6.92 Å². The van der Waals surface area contributed by atoms with Crippen molar-refractivity contribution in [1.29, 1.82) is 0 Å². The van der Waals surface area contributed by atoms with Crippen LogP contribution in [0.15, 0.2) is 29.5 Å². The van der Waals surface area contributed by atoms with Crippen LogP contribution >= 0.6 is 11.6 Å². The highest BCUT2D eigenvalue weighted by atomic mass is 35.5. The van der Waals surface area contributed by atoms with E-state index in [0.717, 1.165) is 11.3 Å². The Labute approximate surface area is 127 Å². The van der Waals surface area contributed by atoms with Gasteiger partial charge in [0.1, 0.15) is 5.75 Å². The van der Waals surface area contributed by atoms with Gasteiger partial charge in [0, 0.05) is 23.8 Å². The third kappa shape index (κ3) is 3.61. The molecule has 2 aromatic rings. The van der Waals surface area contributed by atoms with E-state index in [9.17, 15) is 4.79 Å². The molecule has 0 atom stereocenters. The van der Waals surface area contributed by atoms with Crippen LogP contribution in [0.1, 0.15) is 21.6 Å².